The SMILES string of the molecule is CC(C)NCC(Cc1ccccc1Cl)CC1CCCO1. The molecule has 0 amide bonds. The smallest absolute Gasteiger partial charge is 0.0579 e. The number of hydrogen-bond donors (Lipinski definition) is 1. The van der Waals surface area contributed by atoms with Gasteiger partial charge in [0.1, 0.15) is 0 Å². The lowest BCUT2D eigenvalue weighted by atomic mass is 9.92. The van der Waals surface area contributed by atoms with Crippen molar-refractivity contribution in [1.29, 1.82) is 0 Å². The number of ether oxygens (including phenoxy) is 1. The zero-order chi connectivity index (χ0) is 14.4. The first kappa shape index (κ1) is 15.8. The quantitative estimate of drug-likeness (QED) is 0.819. The van der Waals surface area contributed by atoms with E-state index in [2.05, 4.69) is 31.3 Å². The van der Waals surface area contributed by atoms with E-state index >= 15 is 0 Å². The van der Waals surface area contributed by atoms with Gasteiger partial charge in [-0.15, -0.1) is 0 Å². The Bertz CT molecular complexity index is 402. The van der Waals surface area contributed by atoms with Crippen molar-refractivity contribution in [2.75, 3.05) is 13.2 Å². The van der Waals surface area contributed by atoms with Crippen LogP contribution in [0.15, 0.2) is 24.3 Å². The Hall–Kier alpha value is -0.570. The summed E-state index contributed by atoms with van der Waals surface area (Å²) in [6.07, 6.45) is 5.02. The second kappa shape index (κ2) is 8.02. The Balaban J connectivity index is 1.95. The molecule has 0 spiro atoms. The molecule has 2 atom stereocenters. The van der Waals surface area contributed by atoms with E-state index in [0.717, 1.165) is 31.0 Å². The number of hydrogen-bond acceptors (Lipinski definition) is 2. The van der Waals surface area contributed by atoms with Crippen molar-refractivity contribution >= 4 is 11.6 Å². The zero-order valence-electron chi connectivity index (χ0n) is 12.6. The molecule has 1 aromatic carbocycles. The van der Waals surface area contributed by atoms with Gasteiger partial charge < -0.3 is 10.1 Å². The van der Waals surface area contributed by atoms with Crippen LogP contribution in [0.2, 0.25) is 5.02 Å². The molecule has 2 nitrogen and oxygen atoms in total. The lowest BCUT2D eigenvalue weighted by Crippen LogP contribution is -2.31. The monoisotopic (exact) mass is 295 g/mol. The topological polar surface area (TPSA) is 21.3 Å². The first-order valence-corrected chi connectivity index (χ1v) is 8.11. The van der Waals surface area contributed by atoms with Crippen LogP contribution in [-0.4, -0.2) is 25.3 Å². The molecule has 2 unspecified atom stereocenters. The number of nitrogens with one attached hydrogen (secondary N) is 1. The maximum atomic E-state index is 6.30. The molecule has 112 valence electrons. The van der Waals surface area contributed by atoms with Crippen LogP contribution in [0.5, 0.6) is 0 Å². The molecule has 2 rings (SSSR count). The summed E-state index contributed by atoms with van der Waals surface area (Å²) < 4.78 is 5.80. The van der Waals surface area contributed by atoms with E-state index in [-0.39, 0.29) is 0 Å². The summed E-state index contributed by atoms with van der Waals surface area (Å²) in [5.74, 6) is 0.584. The van der Waals surface area contributed by atoms with Gasteiger partial charge in [0.2, 0.25) is 0 Å². The van der Waals surface area contributed by atoms with E-state index in [1.165, 1.54) is 18.4 Å². The van der Waals surface area contributed by atoms with Gasteiger partial charge in [0.15, 0.2) is 0 Å². The molecule has 0 aliphatic carbocycles. The molecular weight excluding hydrogens is 270 g/mol. The Labute approximate surface area is 127 Å². The summed E-state index contributed by atoms with van der Waals surface area (Å²) >= 11 is 6.30. The highest BCUT2D eigenvalue weighted by molar-refractivity contribution is 6.31. The van der Waals surface area contributed by atoms with Gasteiger partial charge in [-0.3, -0.25) is 0 Å². The average Bonchev–Trinajstić information content (AvgIpc) is 2.91. The van der Waals surface area contributed by atoms with Crippen molar-refractivity contribution in [3.05, 3.63) is 34.9 Å². The van der Waals surface area contributed by atoms with Crippen LogP contribution in [0, 0.1) is 5.92 Å². The van der Waals surface area contributed by atoms with E-state index in [1.54, 1.807) is 0 Å². The summed E-state index contributed by atoms with van der Waals surface area (Å²) in [4.78, 5) is 0. The fraction of sp³-hybridized carbons (Fsp3) is 0.647. The third-order valence-electron chi connectivity index (χ3n) is 3.90. The van der Waals surface area contributed by atoms with Crippen molar-refractivity contribution in [1.82, 2.24) is 5.32 Å². The molecular formula is C17H26ClNO. The Morgan fingerprint density at radius 2 is 2.15 bits per heavy atom. The maximum Gasteiger partial charge on any atom is 0.0579 e. The minimum Gasteiger partial charge on any atom is -0.378 e. The van der Waals surface area contributed by atoms with Gasteiger partial charge in [0.05, 0.1) is 6.10 Å². The predicted molar refractivity (Wildman–Crippen MR) is 85.4 cm³/mol. The molecule has 0 bridgehead atoms. The molecule has 1 aromatic rings. The molecule has 1 heterocycles. The minimum absolute atomic E-state index is 0.441. The van der Waals surface area contributed by atoms with Crippen LogP contribution in [0.4, 0.5) is 0 Å². The van der Waals surface area contributed by atoms with Crippen LogP contribution in [0.3, 0.4) is 0 Å². The molecule has 1 saturated heterocycles. The Morgan fingerprint density at radius 3 is 2.80 bits per heavy atom. The summed E-state index contributed by atoms with van der Waals surface area (Å²) in [5.41, 5.74) is 1.25. The van der Waals surface area contributed by atoms with Crippen LogP contribution in [0.25, 0.3) is 0 Å². The highest BCUT2D eigenvalue weighted by atomic mass is 35.5. The highest BCUT2D eigenvalue weighted by Crippen LogP contribution is 2.25. The second-order valence-corrected chi connectivity index (χ2v) is 6.50. The number of halogens is 1. The van der Waals surface area contributed by atoms with Crippen LogP contribution in [0.1, 0.15) is 38.7 Å². The molecule has 3 heteroatoms. The van der Waals surface area contributed by atoms with Crippen molar-refractivity contribution in [3.63, 3.8) is 0 Å². The summed E-state index contributed by atoms with van der Waals surface area (Å²) in [7, 11) is 0. The first-order chi connectivity index (χ1) is 9.65. The average molecular weight is 296 g/mol. The van der Waals surface area contributed by atoms with Crippen LogP contribution >= 0.6 is 11.6 Å². The molecule has 1 aliphatic rings. The zero-order valence-corrected chi connectivity index (χ0v) is 13.3. The fourth-order valence-corrected chi connectivity index (χ4v) is 3.03. The molecule has 0 radical (unpaired) electrons. The lowest BCUT2D eigenvalue weighted by Gasteiger charge is -2.22. The van der Waals surface area contributed by atoms with Crippen molar-refractivity contribution < 1.29 is 4.74 Å². The van der Waals surface area contributed by atoms with Gasteiger partial charge in [-0.1, -0.05) is 43.6 Å². The summed E-state index contributed by atoms with van der Waals surface area (Å²) in [6, 6.07) is 8.71. The first-order valence-electron chi connectivity index (χ1n) is 7.73. The van der Waals surface area contributed by atoms with E-state index in [4.69, 9.17) is 16.3 Å². The minimum atomic E-state index is 0.441. The molecule has 0 saturated carbocycles. The van der Waals surface area contributed by atoms with E-state index in [0.29, 0.717) is 18.1 Å². The van der Waals surface area contributed by atoms with Gasteiger partial charge in [-0.25, -0.2) is 0 Å². The van der Waals surface area contributed by atoms with Gasteiger partial charge in [0.25, 0.3) is 0 Å². The van der Waals surface area contributed by atoms with Crippen molar-refractivity contribution in [2.45, 2.75) is 51.7 Å². The standard InChI is InChI=1S/C17H26ClNO/c1-13(2)19-12-14(11-16-7-5-9-20-16)10-15-6-3-4-8-17(15)18/h3-4,6,8,13-14,16,19H,5,7,9-12H2,1-2H3. The Kier molecular flexibility index (Phi) is 6.34. The molecule has 1 fully saturated rings. The van der Waals surface area contributed by atoms with E-state index in [9.17, 15) is 0 Å². The van der Waals surface area contributed by atoms with E-state index < -0.39 is 0 Å². The molecule has 1 N–H and O–H groups in total. The van der Waals surface area contributed by atoms with E-state index in [1.807, 2.05) is 12.1 Å². The number of benzene rings is 1. The van der Waals surface area contributed by atoms with Gasteiger partial charge in [-0.2, -0.15) is 0 Å². The Morgan fingerprint density at radius 1 is 1.35 bits per heavy atom. The summed E-state index contributed by atoms with van der Waals surface area (Å²) in [5, 5.41) is 4.44. The van der Waals surface area contributed by atoms with Crippen molar-refractivity contribution in [3.8, 4) is 0 Å². The van der Waals surface area contributed by atoms with Crippen molar-refractivity contribution in [2.24, 2.45) is 5.92 Å². The second-order valence-electron chi connectivity index (χ2n) is 6.10. The predicted octanol–water partition coefficient (Wildman–Crippen LogP) is 4.07. The lowest BCUT2D eigenvalue weighted by molar-refractivity contribution is 0.0889. The fourth-order valence-electron chi connectivity index (χ4n) is 2.82. The molecule has 0 aromatic heterocycles. The number of rotatable bonds is 7. The third-order valence-corrected chi connectivity index (χ3v) is 4.27. The summed E-state index contributed by atoms with van der Waals surface area (Å²) in [6.45, 7) is 6.35. The molecule has 1 aliphatic heterocycles. The van der Waals surface area contributed by atoms with Gasteiger partial charge >= 0.3 is 0 Å². The molecule has 20 heavy (non-hydrogen) atoms. The largest absolute Gasteiger partial charge is 0.378 e. The maximum absolute atomic E-state index is 6.30. The normalized spacial score (nSPS) is 20.5. The van der Waals surface area contributed by atoms with Gasteiger partial charge in [-0.05, 0) is 49.8 Å². The highest BCUT2D eigenvalue weighted by Gasteiger charge is 2.21. The van der Waals surface area contributed by atoms with Gasteiger partial charge in [0, 0.05) is 17.7 Å². The van der Waals surface area contributed by atoms with Crippen LogP contribution in [-0.2, 0) is 11.2 Å². The third kappa shape index (κ3) is 5.08. The van der Waals surface area contributed by atoms with Crippen LogP contribution < -0.4 is 5.32 Å².